The average Bonchev–Trinajstić information content (AvgIpc) is 3.17. The van der Waals surface area contributed by atoms with Gasteiger partial charge in [0.05, 0.1) is 11.2 Å². The lowest BCUT2D eigenvalue weighted by atomic mass is 10.4. The summed E-state index contributed by atoms with van der Waals surface area (Å²) in [7, 11) is 0. The predicted molar refractivity (Wildman–Crippen MR) is 91.5 cm³/mol. The quantitative estimate of drug-likeness (QED) is 0.739. The van der Waals surface area contributed by atoms with Gasteiger partial charge in [-0.2, -0.15) is 9.78 Å². The number of carbonyl (C=O) groups excluding carboxylic acids is 1. The van der Waals surface area contributed by atoms with Gasteiger partial charge in [-0.05, 0) is 19.9 Å². The van der Waals surface area contributed by atoms with Gasteiger partial charge in [0.2, 0.25) is 0 Å². The molecule has 8 nitrogen and oxygen atoms in total. The smallest absolute Gasteiger partial charge is 0.320 e. The first-order chi connectivity index (χ1) is 11.6. The summed E-state index contributed by atoms with van der Waals surface area (Å²) in [6.45, 7) is 4.29. The van der Waals surface area contributed by atoms with E-state index in [1.54, 1.807) is 29.8 Å². The standard InChI is InChI=1S/C15H17N7OS/c1-10-9-11(2)20-14(19-10)22-12(3-6-18-22)21-15(23)17-5-4-13-16-7-8-24-13/h3,6-9H,4-5H2,1-2H3,(H2,17,21,23). The summed E-state index contributed by atoms with van der Waals surface area (Å²) < 4.78 is 1.50. The Morgan fingerprint density at radius 1 is 1.25 bits per heavy atom. The van der Waals surface area contributed by atoms with Crippen molar-refractivity contribution < 1.29 is 4.79 Å². The van der Waals surface area contributed by atoms with Crippen molar-refractivity contribution in [2.75, 3.05) is 11.9 Å². The molecule has 0 aliphatic heterocycles. The van der Waals surface area contributed by atoms with Gasteiger partial charge < -0.3 is 5.32 Å². The fourth-order valence-corrected chi connectivity index (χ4v) is 2.80. The molecule has 0 bridgehead atoms. The average molecular weight is 343 g/mol. The first kappa shape index (κ1) is 16.1. The van der Waals surface area contributed by atoms with E-state index in [0.29, 0.717) is 24.7 Å². The molecule has 0 radical (unpaired) electrons. The summed E-state index contributed by atoms with van der Waals surface area (Å²) in [5.41, 5.74) is 1.68. The van der Waals surface area contributed by atoms with Crippen LogP contribution in [0, 0.1) is 13.8 Å². The van der Waals surface area contributed by atoms with E-state index in [-0.39, 0.29) is 6.03 Å². The second-order valence-electron chi connectivity index (χ2n) is 5.14. The zero-order chi connectivity index (χ0) is 16.9. The van der Waals surface area contributed by atoms with Crippen LogP contribution in [-0.2, 0) is 6.42 Å². The Balaban J connectivity index is 1.63. The van der Waals surface area contributed by atoms with Crippen molar-refractivity contribution in [3.05, 3.63) is 46.3 Å². The maximum atomic E-state index is 12.0. The van der Waals surface area contributed by atoms with Crippen LogP contribution in [-0.4, -0.2) is 37.3 Å². The zero-order valence-corrected chi connectivity index (χ0v) is 14.2. The molecule has 9 heteroatoms. The van der Waals surface area contributed by atoms with Crippen molar-refractivity contribution in [2.24, 2.45) is 0 Å². The summed E-state index contributed by atoms with van der Waals surface area (Å²) in [5, 5.41) is 12.6. The fraction of sp³-hybridized carbons (Fsp3) is 0.267. The van der Waals surface area contributed by atoms with E-state index in [1.807, 2.05) is 25.3 Å². The van der Waals surface area contributed by atoms with Crippen molar-refractivity contribution in [3.8, 4) is 5.95 Å². The Morgan fingerprint density at radius 2 is 2.04 bits per heavy atom. The number of hydrogen-bond acceptors (Lipinski definition) is 6. The highest BCUT2D eigenvalue weighted by molar-refractivity contribution is 7.09. The number of hydrogen-bond donors (Lipinski definition) is 2. The molecule has 24 heavy (non-hydrogen) atoms. The van der Waals surface area contributed by atoms with Gasteiger partial charge >= 0.3 is 6.03 Å². The second-order valence-corrected chi connectivity index (χ2v) is 6.11. The summed E-state index contributed by atoms with van der Waals surface area (Å²) in [6, 6.07) is 3.27. The molecule has 0 unspecified atom stereocenters. The number of carbonyl (C=O) groups is 1. The Hall–Kier alpha value is -2.81. The van der Waals surface area contributed by atoms with Crippen molar-refractivity contribution in [1.29, 1.82) is 0 Å². The molecule has 3 heterocycles. The third-order valence-corrected chi connectivity index (χ3v) is 3.99. The second kappa shape index (κ2) is 7.18. The van der Waals surface area contributed by atoms with E-state index < -0.39 is 0 Å². The lowest BCUT2D eigenvalue weighted by Gasteiger charge is -2.09. The van der Waals surface area contributed by atoms with Crippen LogP contribution < -0.4 is 10.6 Å². The molecule has 0 aliphatic rings. The van der Waals surface area contributed by atoms with Crippen LogP contribution in [0.2, 0.25) is 0 Å². The molecule has 2 amide bonds. The van der Waals surface area contributed by atoms with Gasteiger partial charge in [0.1, 0.15) is 5.82 Å². The molecule has 2 N–H and O–H groups in total. The number of nitrogens with zero attached hydrogens (tertiary/aromatic N) is 5. The lowest BCUT2D eigenvalue weighted by Crippen LogP contribution is -2.31. The third kappa shape index (κ3) is 3.93. The normalized spacial score (nSPS) is 10.6. The van der Waals surface area contributed by atoms with Crippen LogP contribution in [0.1, 0.15) is 16.4 Å². The number of rotatable bonds is 5. The minimum Gasteiger partial charge on any atom is -0.337 e. The number of nitrogens with one attached hydrogen (secondary N) is 2. The zero-order valence-electron chi connectivity index (χ0n) is 13.4. The maximum absolute atomic E-state index is 12.0. The van der Waals surface area contributed by atoms with Gasteiger partial charge in [-0.1, -0.05) is 0 Å². The largest absolute Gasteiger partial charge is 0.337 e. The number of thiazole rings is 1. The lowest BCUT2D eigenvalue weighted by molar-refractivity contribution is 0.252. The van der Waals surface area contributed by atoms with Crippen LogP contribution in [0.4, 0.5) is 10.6 Å². The topological polar surface area (TPSA) is 97.6 Å². The van der Waals surface area contributed by atoms with E-state index in [0.717, 1.165) is 16.4 Å². The molecule has 0 atom stereocenters. The maximum Gasteiger partial charge on any atom is 0.320 e. The van der Waals surface area contributed by atoms with Crippen LogP contribution in [0.25, 0.3) is 5.95 Å². The van der Waals surface area contributed by atoms with E-state index in [9.17, 15) is 4.79 Å². The number of amides is 2. The molecule has 0 saturated carbocycles. The van der Waals surface area contributed by atoms with E-state index in [4.69, 9.17) is 0 Å². The molecule has 3 rings (SSSR count). The van der Waals surface area contributed by atoms with Crippen LogP contribution >= 0.6 is 11.3 Å². The molecule has 0 aliphatic carbocycles. The van der Waals surface area contributed by atoms with Gasteiger partial charge in [0.25, 0.3) is 5.95 Å². The van der Waals surface area contributed by atoms with Gasteiger partial charge in [0.15, 0.2) is 0 Å². The summed E-state index contributed by atoms with van der Waals surface area (Å²) in [5.74, 6) is 0.933. The number of aryl methyl sites for hydroxylation is 2. The molecule has 0 spiro atoms. The first-order valence-electron chi connectivity index (χ1n) is 7.42. The van der Waals surface area contributed by atoms with Gasteiger partial charge in [-0.25, -0.2) is 19.7 Å². The Morgan fingerprint density at radius 3 is 2.75 bits per heavy atom. The molecular weight excluding hydrogens is 326 g/mol. The van der Waals surface area contributed by atoms with Crippen molar-refractivity contribution >= 4 is 23.2 Å². The minimum absolute atomic E-state index is 0.308. The highest BCUT2D eigenvalue weighted by Crippen LogP contribution is 2.12. The third-order valence-electron chi connectivity index (χ3n) is 3.15. The van der Waals surface area contributed by atoms with Gasteiger partial charge in [0, 0.05) is 42.0 Å². The van der Waals surface area contributed by atoms with Gasteiger partial charge in [-0.15, -0.1) is 11.3 Å². The van der Waals surface area contributed by atoms with Crippen molar-refractivity contribution in [3.63, 3.8) is 0 Å². The SMILES string of the molecule is Cc1cc(C)nc(-n2nccc2NC(=O)NCCc2nccs2)n1. The number of urea groups is 1. The Bertz CT molecular complexity index is 808. The first-order valence-corrected chi connectivity index (χ1v) is 8.30. The molecule has 0 aromatic carbocycles. The molecule has 124 valence electrons. The monoisotopic (exact) mass is 343 g/mol. The Kier molecular flexibility index (Phi) is 4.80. The van der Waals surface area contributed by atoms with E-state index >= 15 is 0 Å². The molecule has 3 aromatic rings. The fourth-order valence-electron chi connectivity index (χ4n) is 2.18. The number of aromatic nitrogens is 5. The molecular formula is C15H17N7OS. The number of anilines is 1. The van der Waals surface area contributed by atoms with Gasteiger partial charge in [-0.3, -0.25) is 5.32 Å². The van der Waals surface area contributed by atoms with E-state index in [2.05, 4.69) is 30.7 Å². The van der Waals surface area contributed by atoms with Crippen molar-refractivity contribution in [2.45, 2.75) is 20.3 Å². The summed E-state index contributed by atoms with van der Waals surface area (Å²) in [4.78, 5) is 24.9. The predicted octanol–water partition coefficient (Wildman–Crippen LogP) is 2.10. The highest BCUT2D eigenvalue weighted by Gasteiger charge is 2.11. The van der Waals surface area contributed by atoms with Crippen LogP contribution in [0.5, 0.6) is 0 Å². The molecule has 0 fully saturated rings. The summed E-state index contributed by atoms with van der Waals surface area (Å²) >= 11 is 1.57. The van der Waals surface area contributed by atoms with Crippen molar-refractivity contribution in [1.82, 2.24) is 30.0 Å². The molecule has 0 saturated heterocycles. The Labute approximate surface area is 143 Å². The van der Waals surface area contributed by atoms with Crippen LogP contribution in [0.3, 0.4) is 0 Å². The minimum atomic E-state index is -0.308. The summed E-state index contributed by atoms with van der Waals surface area (Å²) in [6.07, 6.45) is 4.04. The molecule has 3 aromatic heterocycles. The van der Waals surface area contributed by atoms with Crippen LogP contribution in [0.15, 0.2) is 29.9 Å². The van der Waals surface area contributed by atoms with E-state index in [1.165, 1.54) is 4.68 Å². The highest BCUT2D eigenvalue weighted by atomic mass is 32.1.